The lowest BCUT2D eigenvalue weighted by Crippen LogP contribution is -2.14. The third-order valence-electron chi connectivity index (χ3n) is 2.66. The van der Waals surface area contributed by atoms with Gasteiger partial charge in [-0.05, 0) is 23.8 Å². The summed E-state index contributed by atoms with van der Waals surface area (Å²) in [5, 5.41) is 3.19. The van der Waals surface area contributed by atoms with Crippen LogP contribution in [0.2, 0.25) is 0 Å². The minimum Gasteiger partial charge on any atom is -0.494 e. The van der Waals surface area contributed by atoms with Crippen molar-refractivity contribution < 1.29 is 9.13 Å². The number of hydrogen-bond donors (Lipinski definition) is 1. The summed E-state index contributed by atoms with van der Waals surface area (Å²) in [4.78, 5) is 3.94. The molecule has 0 spiro atoms. The van der Waals surface area contributed by atoms with Crippen molar-refractivity contribution in [3.05, 3.63) is 59.7 Å². The van der Waals surface area contributed by atoms with Gasteiger partial charge in [0.25, 0.3) is 0 Å². The molecule has 0 radical (unpaired) electrons. The molecule has 0 aliphatic carbocycles. The van der Waals surface area contributed by atoms with Crippen LogP contribution in [0, 0.1) is 5.82 Å². The van der Waals surface area contributed by atoms with Gasteiger partial charge in [-0.15, -0.1) is 0 Å². The number of hydrogen-bond acceptors (Lipinski definition) is 3. The Bertz CT molecular complexity index is 502. The molecule has 1 aromatic heterocycles. The highest BCUT2D eigenvalue weighted by Crippen LogP contribution is 2.19. The van der Waals surface area contributed by atoms with E-state index in [0.717, 1.165) is 5.56 Å². The van der Waals surface area contributed by atoms with Crippen molar-refractivity contribution in [2.24, 2.45) is 0 Å². The van der Waals surface area contributed by atoms with Gasteiger partial charge in [0.15, 0.2) is 11.6 Å². The number of nitrogens with one attached hydrogen (secondary N) is 1. The molecule has 3 nitrogen and oxygen atoms in total. The van der Waals surface area contributed by atoms with E-state index in [4.69, 9.17) is 4.74 Å². The first-order chi connectivity index (χ1) is 8.81. The predicted molar refractivity (Wildman–Crippen MR) is 67.7 cm³/mol. The second-order valence-corrected chi connectivity index (χ2v) is 3.89. The summed E-state index contributed by atoms with van der Waals surface area (Å²) in [5.41, 5.74) is 1.72. The molecule has 0 aliphatic rings. The summed E-state index contributed by atoms with van der Waals surface area (Å²) in [7, 11) is 1.46. The normalized spacial score (nSPS) is 10.3. The zero-order valence-corrected chi connectivity index (χ0v) is 10.2. The van der Waals surface area contributed by atoms with Gasteiger partial charge in [0.05, 0.1) is 7.11 Å². The van der Waals surface area contributed by atoms with E-state index in [9.17, 15) is 4.39 Å². The Morgan fingerprint density at radius 3 is 2.67 bits per heavy atom. The zero-order chi connectivity index (χ0) is 12.8. The van der Waals surface area contributed by atoms with E-state index in [1.165, 1.54) is 7.11 Å². The standard InChI is InChI=1S/C14H15FN2O/c1-18-13-4-2-3-12(14(13)15)10-17-9-11-5-7-16-8-6-11/h2-8,17H,9-10H2,1H3. The lowest BCUT2D eigenvalue weighted by Gasteiger charge is -2.08. The maximum absolute atomic E-state index is 13.8. The minimum atomic E-state index is -0.303. The molecule has 1 heterocycles. The average molecular weight is 246 g/mol. The molecular weight excluding hydrogens is 231 g/mol. The Morgan fingerprint density at radius 2 is 1.94 bits per heavy atom. The Hall–Kier alpha value is -1.94. The summed E-state index contributed by atoms with van der Waals surface area (Å²) in [6, 6.07) is 8.99. The van der Waals surface area contributed by atoms with Crippen molar-refractivity contribution in [2.75, 3.05) is 7.11 Å². The molecule has 0 bridgehead atoms. The van der Waals surface area contributed by atoms with E-state index < -0.39 is 0 Å². The second-order valence-electron chi connectivity index (χ2n) is 3.89. The van der Waals surface area contributed by atoms with Crippen LogP contribution < -0.4 is 10.1 Å². The number of pyridine rings is 1. The molecule has 2 rings (SSSR count). The zero-order valence-electron chi connectivity index (χ0n) is 10.2. The summed E-state index contributed by atoms with van der Waals surface area (Å²) in [6.45, 7) is 1.14. The molecule has 1 N–H and O–H groups in total. The van der Waals surface area contributed by atoms with Gasteiger partial charge in [0.1, 0.15) is 0 Å². The van der Waals surface area contributed by atoms with Crippen LogP contribution in [0.4, 0.5) is 4.39 Å². The smallest absolute Gasteiger partial charge is 0.169 e. The first kappa shape index (κ1) is 12.5. The molecule has 0 atom stereocenters. The highest BCUT2D eigenvalue weighted by atomic mass is 19.1. The average Bonchev–Trinajstić information content (AvgIpc) is 2.42. The molecule has 0 unspecified atom stereocenters. The number of rotatable bonds is 5. The number of halogens is 1. The van der Waals surface area contributed by atoms with E-state index >= 15 is 0 Å². The molecule has 18 heavy (non-hydrogen) atoms. The van der Waals surface area contributed by atoms with Gasteiger partial charge in [0.2, 0.25) is 0 Å². The Morgan fingerprint density at radius 1 is 1.17 bits per heavy atom. The van der Waals surface area contributed by atoms with Gasteiger partial charge in [-0.2, -0.15) is 0 Å². The molecule has 2 aromatic rings. The van der Waals surface area contributed by atoms with E-state index in [1.807, 2.05) is 12.1 Å². The first-order valence-corrected chi connectivity index (χ1v) is 5.72. The van der Waals surface area contributed by atoms with Crippen molar-refractivity contribution in [2.45, 2.75) is 13.1 Å². The van der Waals surface area contributed by atoms with Crippen LogP contribution >= 0.6 is 0 Å². The van der Waals surface area contributed by atoms with E-state index in [-0.39, 0.29) is 11.6 Å². The minimum absolute atomic E-state index is 0.276. The topological polar surface area (TPSA) is 34.1 Å². The number of aromatic nitrogens is 1. The SMILES string of the molecule is COc1cccc(CNCc2ccncc2)c1F. The second kappa shape index (κ2) is 6.12. The molecule has 1 aromatic carbocycles. The third-order valence-corrected chi connectivity index (χ3v) is 2.66. The summed E-state index contributed by atoms with van der Waals surface area (Å²) >= 11 is 0. The summed E-state index contributed by atoms with van der Waals surface area (Å²) in [5.74, 6) is -0.0274. The van der Waals surface area contributed by atoms with Crippen molar-refractivity contribution in [1.82, 2.24) is 10.3 Å². The van der Waals surface area contributed by atoms with Crippen LogP contribution in [0.3, 0.4) is 0 Å². The van der Waals surface area contributed by atoms with Crippen LogP contribution in [0.25, 0.3) is 0 Å². The van der Waals surface area contributed by atoms with Gasteiger partial charge < -0.3 is 10.1 Å². The van der Waals surface area contributed by atoms with Crippen molar-refractivity contribution >= 4 is 0 Å². The first-order valence-electron chi connectivity index (χ1n) is 5.72. The van der Waals surface area contributed by atoms with Crippen LogP contribution in [-0.2, 0) is 13.1 Å². The van der Waals surface area contributed by atoms with Crippen LogP contribution in [-0.4, -0.2) is 12.1 Å². The number of nitrogens with zero attached hydrogens (tertiary/aromatic N) is 1. The quantitative estimate of drug-likeness (QED) is 0.880. The predicted octanol–water partition coefficient (Wildman–Crippen LogP) is 2.52. The fourth-order valence-corrected chi connectivity index (χ4v) is 1.69. The fraction of sp³-hybridized carbons (Fsp3) is 0.214. The van der Waals surface area contributed by atoms with E-state index in [2.05, 4.69) is 10.3 Å². The number of benzene rings is 1. The van der Waals surface area contributed by atoms with Gasteiger partial charge in [0, 0.05) is 31.0 Å². The molecule has 4 heteroatoms. The highest BCUT2D eigenvalue weighted by Gasteiger charge is 2.07. The number of ether oxygens (including phenoxy) is 1. The van der Waals surface area contributed by atoms with E-state index in [1.54, 1.807) is 30.6 Å². The summed E-state index contributed by atoms with van der Waals surface area (Å²) in [6.07, 6.45) is 3.48. The Labute approximate surface area is 106 Å². The summed E-state index contributed by atoms with van der Waals surface area (Å²) < 4.78 is 18.8. The molecule has 0 aliphatic heterocycles. The van der Waals surface area contributed by atoms with Gasteiger partial charge >= 0.3 is 0 Å². The maximum Gasteiger partial charge on any atom is 0.169 e. The maximum atomic E-state index is 13.8. The van der Waals surface area contributed by atoms with Crippen LogP contribution in [0.1, 0.15) is 11.1 Å². The molecule has 0 amide bonds. The van der Waals surface area contributed by atoms with Crippen molar-refractivity contribution in [1.29, 1.82) is 0 Å². The molecule has 0 fully saturated rings. The molecule has 0 saturated heterocycles. The van der Waals surface area contributed by atoms with Gasteiger partial charge in [-0.25, -0.2) is 4.39 Å². The Kier molecular flexibility index (Phi) is 4.25. The largest absolute Gasteiger partial charge is 0.494 e. The molecule has 0 saturated carbocycles. The highest BCUT2D eigenvalue weighted by molar-refractivity contribution is 5.31. The van der Waals surface area contributed by atoms with Crippen LogP contribution in [0.15, 0.2) is 42.7 Å². The lowest BCUT2D eigenvalue weighted by atomic mass is 10.2. The fourth-order valence-electron chi connectivity index (χ4n) is 1.69. The van der Waals surface area contributed by atoms with Crippen molar-refractivity contribution in [3.63, 3.8) is 0 Å². The molecule has 94 valence electrons. The molecular formula is C14H15FN2O. The van der Waals surface area contributed by atoms with E-state index in [0.29, 0.717) is 18.7 Å². The monoisotopic (exact) mass is 246 g/mol. The lowest BCUT2D eigenvalue weighted by molar-refractivity contribution is 0.383. The number of methoxy groups -OCH3 is 1. The van der Waals surface area contributed by atoms with Gasteiger partial charge in [-0.3, -0.25) is 4.98 Å². The Balaban J connectivity index is 1.95. The van der Waals surface area contributed by atoms with Crippen LogP contribution in [0.5, 0.6) is 5.75 Å². The van der Waals surface area contributed by atoms with Gasteiger partial charge in [-0.1, -0.05) is 12.1 Å². The van der Waals surface area contributed by atoms with Crippen molar-refractivity contribution in [3.8, 4) is 5.75 Å². The third kappa shape index (κ3) is 3.05.